The predicted molar refractivity (Wildman–Crippen MR) is 47.2 cm³/mol. The van der Waals surface area contributed by atoms with E-state index in [0.717, 1.165) is 0 Å². The van der Waals surface area contributed by atoms with Gasteiger partial charge in [0.05, 0.1) is 0 Å². The second kappa shape index (κ2) is 6.20. The van der Waals surface area contributed by atoms with Crippen LogP contribution in [-0.2, 0) is 14.4 Å². The summed E-state index contributed by atoms with van der Waals surface area (Å²) in [4.78, 5) is 31.4. The predicted octanol–water partition coefficient (Wildman–Crippen LogP) is -0.341. The first kappa shape index (κ1) is 12.7. The Bertz CT molecular complexity index is 242. The van der Waals surface area contributed by atoms with E-state index in [4.69, 9.17) is 21.8 Å². The molecule has 80 valence electrons. The van der Waals surface area contributed by atoms with E-state index in [-0.39, 0.29) is 18.7 Å². The largest absolute Gasteiger partial charge is 0.481 e. The van der Waals surface area contributed by atoms with Gasteiger partial charge in [-0.2, -0.15) is 0 Å². The van der Waals surface area contributed by atoms with E-state index >= 15 is 0 Å². The maximum absolute atomic E-state index is 10.7. The first-order valence-electron chi connectivity index (χ1n) is 3.77. The molecule has 0 unspecified atom stereocenters. The molecule has 0 aromatic carbocycles. The molecule has 7 heteroatoms. The molecule has 0 aromatic heterocycles. The highest BCUT2D eigenvalue weighted by molar-refractivity contribution is 6.27. The van der Waals surface area contributed by atoms with E-state index in [9.17, 15) is 14.4 Å². The lowest BCUT2D eigenvalue weighted by Gasteiger charge is -2.11. The minimum absolute atomic E-state index is 0.159. The van der Waals surface area contributed by atoms with Gasteiger partial charge in [0.1, 0.15) is 11.9 Å². The molecule has 0 bridgehead atoms. The third kappa shape index (κ3) is 5.36. The van der Waals surface area contributed by atoms with Crippen LogP contribution < -0.4 is 5.32 Å². The Labute approximate surface area is 84.9 Å². The minimum atomic E-state index is -1.27. The molecule has 0 saturated carbocycles. The number of nitrogens with one attached hydrogen (secondary N) is 1. The van der Waals surface area contributed by atoms with E-state index in [1.807, 2.05) is 0 Å². The number of carboxylic acid groups (broad SMARTS) is 2. The van der Waals surface area contributed by atoms with Crippen LogP contribution in [0.15, 0.2) is 0 Å². The van der Waals surface area contributed by atoms with E-state index in [1.54, 1.807) is 0 Å². The van der Waals surface area contributed by atoms with E-state index in [1.165, 1.54) is 0 Å². The Kier molecular flexibility index (Phi) is 5.62. The number of amides is 1. The van der Waals surface area contributed by atoms with Crippen LogP contribution in [0, 0.1) is 0 Å². The Hall–Kier alpha value is -1.30. The quantitative estimate of drug-likeness (QED) is 0.535. The molecule has 3 N–H and O–H groups in total. The molecule has 0 fully saturated rings. The number of aliphatic carboxylic acids is 2. The lowest BCUT2D eigenvalue weighted by atomic mass is 10.1. The van der Waals surface area contributed by atoms with Crippen LogP contribution in [0.4, 0.5) is 0 Å². The zero-order valence-electron chi connectivity index (χ0n) is 7.20. The van der Waals surface area contributed by atoms with Crippen molar-refractivity contribution >= 4 is 29.4 Å². The summed E-state index contributed by atoms with van der Waals surface area (Å²) in [6.45, 7) is 0. The van der Waals surface area contributed by atoms with Crippen molar-refractivity contribution in [2.45, 2.75) is 18.9 Å². The van der Waals surface area contributed by atoms with Gasteiger partial charge < -0.3 is 15.5 Å². The molecule has 14 heavy (non-hydrogen) atoms. The third-order valence-corrected chi connectivity index (χ3v) is 1.64. The Morgan fingerprint density at radius 2 is 1.86 bits per heavy atom. The molecule has 1 atom stereocenters. The fourth-order valence-electron chi connectivity index (χ4n) is 0.758. The maximum Gasteiger partial charge on any atom is 0.326 e. The van der Waals surface area contributed by atoms with Crippen molar-refractivity contribution in [2.75, 3.05) is 5.88 Å². The van der Waals surface area contributed by atoms with E-state index in [0.29, 0.717) is 0 Å². The average Bonchev–Trinajstić information content (AvgIpc) is 2.10. The maximum atomic E-state index is 10.7. The van der Waals surface area contributed by atoms with Crippen LogP contribution >= 0.6 is 11.6 Å². The van der Waals surface area contributed by atoms with Gasteiger partial charge in [0, 0.05) is 6.42 Å². The number of rotatable bonds is 6. The summed E-state index contributed by atoms with van der Waals surface area (Å²) in [5.74, 6) is -3.37. The summed E-state index contributed by atoms with van der Waals surface area (Å²) in [7, 11) is 0. The first-order chi connectivity index (χ1) is 6.47. The van der Waals surface area contributed by atoms with E-state index in [2.05, 4.69) is 5.32 Å². The summed E-state index contributed by atoms with van der Waals surface area (Å²) in [6, 6.07) is -1.20. The molecule has 6 nitrogen and oxygen atoms in total. The Morgan fingerprint density at radius 1 is 1.29 bits per heavy atom. The molecule has 0 rings (SSSR count). The third-order valence-electron chi connectivity index (χ3n) is 1.40. The van der Waals surface area contributed by atoms with Gasteiger partial charge in [-0.3, -0.25) is 9.59 Å². The van der Waals surface area contributed by atoms with Crippen LogP contribution in [-0.4, -0.2) is 40.0 Å². The molecule has 0 radical (unpaired) electrons. The van der Waals surface area contributed by atoms with Gasteiger partial charge in [0.2, 0.25) is 5.91 Å². The van der Waals surface area contributed by atoms with Crippen LogP contribution in [0.25, 0.3) is 0 Å². The lowest BCUT2D eigenvalue weighted by molar-refractivity contribution is -0.142. The molecular weight excluding hydrogens is 214 g/mol. The smallest absolute Gasteiger partial charge is 0.326 e. The summed E-state index contributed by atoms with van der Waals surface area (Å²) in [5.41, 5.74) is 0. The zero-order chi connectivity index (χ0) is 11.1. The summed E-state index contributed by atoms with van der Waals surface area (Å²) >= 11 is 5.14. The number of carbonyl (C=O) groups excluding carboxylic acids is 1. The second-order valence-electron chi connectivity index (χ2n) is 2.52. The SMILES string of the molecule is O=C(O)CC[C@H](NC(=O)CCl)C(=O)O. The molecule has 0 spiro atoms. The standard InChI is InChI=1S/C7H10ClNO5/c8-3-5(10)9-4(7(13)14)1-2-6(11)12/h4H,1-3H2,(H,9,10)(H,11,12)(H,13,14)/t4-/m0/s1. The Balaban J connectivity index is 4.09. The molecule has 0 heterocycles. The fourth-order valence-corrected chi connectivity index (χ4v) is 0.835. The van der Waals surface area contributed by atoms with Gasteiger partial charge >= 0.3 is 11.9 Å². The highest BCUT2D eigenvalue weighted by atomic mass is 35.5. The zero-order valence-corrected chi connectivity index (χ0v) is 7.95. The summed E-state index contributed by atoms with van der Waals surface area (Å²) in [6.07, 6.45) is -0.479. The Morgan fingerprint density at radius 3 is 2.21 bits per heavy atom. The molecule has 0 aliphatic rings. The monoisotopic (exact) mass is 223 g/mol. The van der Waals surface area contributed by atoms with Crippen molar-refractivity contribution in [3.63, 3.8) is 0 Å². The van der Waals surface area contributed by atoms with Gasteiger partial charge in [-0.05, 0) is 6.42 Å². The summed E-state index contributed by atoms with van der Waals surface area (Å²) < 4.78 is 0. The topological polar surface area (TPSA) is 104 Å². The minimum Gasteiger partial charge on any atom is -0.481 e. The van der Waals surface area contributed by atoms with Crippen LogP contribution in [0.2, 0.25) is 0 Å². The van der Waals surface area contributed by atoms with Crippen LogP contribution in [0.5, 0.6) is 0 Å². The molecule has 0 aromatic rings. The molecular formula is C7H10ClNO5. The van der Waals surface area contributed by atoms with Crippen molar-refractivity contribution in [3.05, 3.63) is 0 Å². The fraction of sp³-hybridized carbons (Fsp3) is 0.571. The van der Waals surface area contributed by atoms with Gasteiger partial charge in [0.15, 0.2) is 0 Å². The second-order valence-corrected chi connectivity index (χ2v) is 2.79. The van der Waals surface area contributed by atoms with Crippen molar-refractivity contribution < 1.29 is 24.6 Å². The van der Waals surface area contributed by atoms with Gasteiger partial charge in [0.25, 0.3) is 0 Å². The molecule has 1 amide bonds. The van der Waals surface area contributed by atoms with Gasteiger partial charge in [-0.15, -0.1) is 11.6 Å². The lowest BCUT2D eigenvalue weighted by Crippen LogP contribution is -2.41. The molecule has 0 aliphatic carbocycles. The van der Waals surface area contributed by atoms with Crippen molar-refractivity contribution in [2.24, 2.45) is 0 Å². The number of carboxylic acids is 2. The van der Waals surface area contributed by atoms with Crippen LogP contribution in [0.3, 0.4) is 0 Å². The number of alkyl halides is 1. The number of carbonyl (C=O) groups is 3. The van der Waals surface area contributed by atoms with Crippen molar-refractivity contribution in [3.8, 4) is 0 Å². The number of halogens is 1. The molecule has 0 aliphatic heterocycles. The van der Waals surface area contributed by atoms with Gasteiger partial charge in [-0.25, -0.2) is 4.79 Å². The normalized spacial score (nSPS) is 11.8. The van der Waals surface area contributed by atoms with Gasteiger partial charge in [-0.1, -0.05) is 0 Å². The van der Waals surface area contributed by atoms with E-state index < -0.39 is 23.9 Å². The van der Waals surface area contributed by atoms with Crippen molar-refractivity contribution in [1.29, 1.82) is 0 Å². The first-order valence-corrected chi connectivity index (χ1v) is 4.30. The highest BCUT2D eigenvalue weighted by Crippen LogP contribution is 1.98. The number of hydrogen-bond donors (Lipinski definition) is 3. The average molecular weight is 224 g/mol. The molecule has 0 saturated heterocycles. The van der Waals surface area contributed by atoms with Crippen LogP contribution in [0.1, 0.15) is 12.8 Å². The van der Waals surface area contributed by atoms with Crippen molar-refractivity contribution in [1.82, 2.24) is 5.32 Å². The summed E-state index contributed by atoms with van der Waals surface area (Å²) in [5, 5.41) is 19.0. The number of hydrogen-bond acceptors (Lipinski definition) is 3. The highest BCUT2D eigenvalue weighted by Gasteiger charge is 2.20.